The number of carbonyl (C=O) groups is 1. The van der Waals surface area contributed by atoms with E-state index < -0.39 is 5.91 Å². The standard InChI is InChI=1S/C13H12N4O/c14-8-10-2-1-3-11(6-10)12(7-13(15)18)17-5-4-16-9-17/h1-6,9,12H,7H2,(H2,15,18). The predicted molar refractivity (Wildman–Crippen MR) is 65.3 cm³/mol. The van der Waals surface area contributed by atoms with Crippen molar-refractivity contribution in [2.75, 3.05) is 0 Å². The van der Waals surface area contributed by atoms with Crippen LogP contribution in [-0.4, -0.2) is 15.5 Å². The zero-order valence-electron chi connectivity index (χ0n) is 9.65. The van der Waals surface area contributed by atoms with Gasteiger partial charge in [0.15, 0.2) is 0 Å². The molecule has 1 aromatic heterocycles. The molecular formula is C13H12N4O. The van der Waals surface area contributed by atoms with Crippen molar-refractivity contribution in [2.45, 2.75) is 12.5 Å². The minimum atomic E-state index is -0.393. The number of nitrogens with zero attached hydrogens (tertiary/aromatic N) is 3. The summed E-state index contributed by atoms with van der Waals surface area (Å²) >= 11 is 0. The summed E-state index contributed by atoms with van der Waals surface area (Å²) in [6, 6.07) is 8.99. The highest BCUT2D eigenvalue weighted by atomic mass is 16.1. The summed E-state index contributed by atoms with van der Waals surface area (Å²) in [5, 5.41) is 8.90. The van der Waals surface area contributed by atoms with Crippen LogP contribution in [0.15, 0.2) is 43.0 Å². The number of nitrogens with two attached hydrogens (primary N) is 1. The molecule has 0 aliphatic heterocycles. The summed E-state index contributed by atoms with van der Waals surface area (Å²) in [6.45, 7) is 0. The number of rotatable bonds is 4. The Morgan fingerprint density at radius 3 is 3.00 bits per heavy atom. The lowest BCUT2D eigenvalue weighted by Gasteiger charge is -2.17. The normalized spacial score (nSPS) is 11.7. The maximum Gasteiger partial charge on any atom is 0.219 e. The smallest absolute Gasteiger partial charge is 0.219 e. The minimum absolute atomic E-state index is 0.172. The Balaban J connectivity index is 2.40. The third-order valence-corrected chi connectivity index (χ3v) is 2.68. The molecule has 0 aliphatic carbocycles. The maximum absolute atomic E-state index is 11.2. The quantitative estimate of drug-likeness (QED) is 0.871. The second-order valence-electron chi connectivity index (χ2n) is 3.93. The second kappa shape index (κ2) is 5.15. The van der Waals surface area contributed by atoms with Gasteiger partial charge in [0.1, 0.15) is 0 Å². The molecule has 0 spiro atoms. The van der Waals surface area contributed by atoms with Gasteiger partial charge in [-0.2, -0.15) is 5.26 Å². The van der Waals surface area contributed by atoms with Gasteiger partial charge in [-0.25, -0.2) is 4.98 Å². The Kier molecular flexibility index (Phi) is 3.39. The summed E-state index contributed by atoms with van der Waals surface area (Å²) in [5.74, 6) is -0.393. The van der Waals surface area contributed by atoms with Crippen molar-refractivity contribution < 1.29 is 4.79 Å². The van der Waals surface area contributed by atoms with E-state index in [9.17, 15) is 4.79 Å². The number of hydrogen-bond acceptors (Lipinski definition) is 3. The molecular weight excluding hydrogens is 228 g/mol. The van der Waals surface area contributed by atoms with Crippen molar-refractivity contribution in [3.05, 3.63) is 54.1 Å². The molecule has 2 rings (SSSR count). The number of amides is 1. The van der Waals surface area contributed by atoms with Crippen LogP contribution in [0.3, 0.4) is 0 Å². The number of aromatic nitrogens is 2. The van der Waals surface area contributed by atoms with Crippen LogP contribution < -0.4 is 5.73 Å². The molecule has 2 aromatic rings. The van der Waals surface area contributed by atoms with E-state index in [1.54, 1.807) is 41.5 Å². The molecule has 1 atom stereocenters. The molecule has 0 saturated carbocycles. The van der Waals surface area contributed by atoms with E-state index in [0.717, 1.165) is 5.56 Å². The van der Waals surface area contributed by atoms with Crippen molar-refractivity contribution in [3.8, 4) is 6.07 Å². The van der Waals surface area contributed by atoms with E-state index in [1.165, 1.54) is 0 Å². The Hall–Kier alpha value is -2.61. The van der Waals surface area contributed by atoms with Gasteiger partial charge in [-0.05, 0) is 17.7 Å². The van der Waals surface area contributed by atoms with Crippen LogP contribution in [-0.2, 0) is 4.79 Å². The fraction of sp³-hybridized carbons (Fsp3) is 0.154. The zero-order valence-corrected chi connectivity index (χ0v) is 9.65. The SMILES string of the molecule is N#Cc1cccc(C(CC(N)=O)n2ccnc2)c1. The molecule has 18 heavy (non-hydrogen) atoms. The van der Waals surface area contributed by atoms with E-state index in [2.05, 4.69) is 11.1 Å². The van der Waals surface area contributed by atoms with Crippen molar-refractivity contribution >= 4 is 5.91 Å². The molecule has 0 aliphatic rings. The van der Waals surface area contributed by atoms with Crippen LogP contribution in [0, 0.1) is 11.3 Å². The zero-order chi connectivity index (χ0) is 13.0. The van der Waals surface area contributed by atoms with Gasteiger partial charge in [0.2, 0.25) is 5.91 Å². The molecule has 0 fully saturated rings. The number of nitriles is 1. The number of benzene rings is 1. The highest BCUT2D eigenvalue weighted by Gasteiger charge is 2.16. The number of primary amides is 1. The van der Waals surface area contributed by atoms with Crippen molar-refractivity contribution in [2.24, 2.45) is 5.73 Å². The minimum Gasteiger partial charge on any atom is -0.370 e. The van der Waals surface area contributed by atoms with E-state index in [1.807, 2.05) is 6.07 Å². The number of carbonyl (C=O) groups excluding carboxylic acids is 1. The van der Waals surface area contributed by atoms with E-state index >= 15 is 0 Å². The Morgan fingerprint density at radius 2 is 2.39 bits per heavy atom. The molecule has 0 saturated heterocycles. The third kappa shape index (κ3) is 2.55. The summed E-state index contributed by atoms with van der Waals surface area (Å²) in [7, 11) is 0. The highest BCUT2D eigenvalue weighted by molar-refractivity contribution is 5.74. The molecule has 5 heteroatoms. The van der Waals surface area contributed by atoms with Crippen LogP contribution >= 0.6 is 0 Å². The van der Waals surface area contributed by atoms with E-state index in [-0.39, 0.29) is 12.5 Å². The fourth-order valence-electron chi connectivity index (χ4n) is 1.86. The molecule has 1 unspecified atom stereocenters. The van der Waals surface area contributed by atoms with Crippen LogP contribution in [0.25, 0.3) is 0 Å². The first-order chi connectivity index (χ1) is 8.70. The fourth-order valence-corrected chi connectivity index (χ4v) is 1.86. The molecule has 0 radical (unpaired) electrons. The summed E-state index contributed by atoms with van der Waals surface area (Å²) in [4.78, 5) is 15.1. The van der Waals surface area contributed by atoms with Gasteiger partial charge in [-0.3, -0.25) is 4.79 Å². The third-order valence-electron chi connectivity index (χ3n) is 2.68. The van der Waals surface area contributed by atoms with Crippen molar-refractivity contribution in [1.29, 1.82) is 5.26 Å². The average molecular weight is 240 g/mol. The van der Waals surface area contributed by atoms with Gasteiger partial charge < -0.3 is 10.3 Å². The van der Waals surface area contributed by atoms with Gasteiger partial charge in [0.25, 0.3) is 0 Å². The molecule has 1 aromatic carbocycles. The summed E-state index contributed by atoms with van der Waals surface area (Å²) in [5.41, 5.74) is 6.69. The molecule has 5 nitrogen and oxygen atoms in total. The highest BCUT2D eigenvalue weighted by Crippen LogP contribution is 2.22. The second-order valence-corrected chi connectivity index (χ2v) is 3.93. The number of imidazole rings is 1. The maximum atomic E-state index is 11.2. The molecule has 0 bridgehead atoms. The number of hydrogen-bond donors (Lipinski definition) is 1. The van der Waals surface area contributed by atoms with Gasteiger partial charge in [-0.1, -0.05) is 12.1 Å². The van der Waals surface area contributed by atoms with Gasteiger partial charge >= 0.3 is 0 Å². The van der Waals surface area contributed by atoms with Crippen molar-refractivity contribution in [3.63, 3.8) is 0 Å². The van der Waals surface area contributed by atoms with Crippen LogP contribution in [0.4, 0.5) is 0 Å². The van der Waals surface area contributed by atoms with Gasteiger partial charge in [0.05, 0.1) is 30.4 Å². The lowest BCUT2D eigenvalue weighted by Crippen LogP contribution is -2.19. The summed E-state index contributed by atoms with van der Waals surface area (Å²) < 4.78 is 1.81. The van der Waals surface area contributed by atoms with Crippen LogP contribution in [0.2, 0.25) is 0 Å². The Bertz CT molecular complexity index is 583. The monoisotopic (exact) mass is 240 g/mol. The average Bonchev–Trinajstić information content (AvgIpc) is 2.89. The van der Waals surface area contributed by atoms with Crippen LogP contribution in [0.1, 0.15) is 23.6 Å². The molecule has 1 heterocycles. The Morgan fingerprint density at radius 1 is 1.56 bits per heavy atom. The lowest BCUT2D eigenvalue weighted by atomic mass is 10.0. The lowest BCUT2D eigenvalue weighted by molar-refractivity contribution is -0.118. The summed E-state index contributed by atoms with van der Waals surface area (Å²) in [6.07, 6.45) is 5.21. The van der Waals surface area contributed by atoms with Crippen LogP contribution in [0.5, 0.6) is 0 Å². The first-order valence-electron chi connectivity index (χ1n) is 5.46. The predicted octanol–water partition coefficient (Wildman–Crippen LogP) is 1.22. The first-order valence-corrected chi connectivity index (χ1v) is 5.46. The van der Waals surface area contributed by atoms with Gasteiger partial charge in [-0.15, -0.1) is 0 Å². The topological polar surface area (TPSA) is 84.7 Å². The first kappa shape index (κ1) is 11.9. The van der Waals surface area contributed by atoms with Crippen molar-refractivity contribution in [1.82, 2.24) is 9.55 Å². The Labute approximate surface area is 104 Å². The van der Waals surface area contributed by atoms with E-state index in [4.69, 9.17) is 11.0 Å². The van der Waals surface area contributed by atoms with E-state index in [0.29, 0.717) is 5.56 Å². The largest absolute Gasteiger partial charge is 0.370 e. The molecule has 1 amide bonds. The van der Waals surface area contributed by atoms with Gasteiger partial charge in [0, 0.05) is 12.4 Å². The molecule has 90 valence electrons. The molecule has 2 N–H and O–H groups in total.